The van der Waals surface area contributed by atoms with Gasteiger partial charge in [0.05, 0.1) is 33.5 Å². The molecule has 6 heteroatoms. The molecule has 1 aliphatic rings. The third kappa shape index (κ3) is 5.57. The topological polar surface area (TPSA) is 68.1 Å². The smallest absolute Gasteiger partial charge is 0.268 e. The maximum atomic E-state index is 15.7. The van der Waals surface area contributed by atoms with Gasteiger partial charge in [-0.05, 0) is 58.7 Å². The number of para-hydroxylation sites is 2. The summed E-state index contributed by atoms with van der Waals surface area (Å²) in [7, 11) is 0. The van der Waals surface area contributed by atoms with Crippen molar-refractivity contribution in [2.45, 2.75) is 0 Å². The lowest BCUT2D eigenvalue weighted by Gasteiger charge is -2.24. The highest BCUT2D eigenvalue weighted by molar-refractivity contribution is 6.37. The Morgan fingerprint density at radius 1 is 0.367 bits per heavy atom. The number of pyridine rings is 2. The predicted molar refractivity (Wildman–Crippen MR) is 241 cm³/mol. The Morgan fingerprint density at radius 2 is 0.833 bits per heavy atom. The number of rotatable bonds is 7. The number of anilines is 1. The van der Waals surface area contributed by atoms with Gasteiger partial charge in [-0.25, -0.2) is 4.90 Å². The minimum absolute atomic E-state index is 0.341. The second-order valence-corrected chi connectivity index (χ2v) is 14.9. The van der Waals surface area contributed by atoms with E-state index in [4.69, 9.17) is 0 Å². The zero-order chi connectivity index (χ0) is 40.2. The highest BCUT2D eigenvalue weighted by Crippen LogP contribution is 2.48. The van der Waals surface area contributed by atoms with E-state index in [2.05, 4.69) is 75.2 Å². The molecule has 0 spiro atoms. The van der Waals surface area contributed by atoms with Gasteiger partial charge in [-0.15, -0.1) is 0 Å². The summed E-state index contributed by atoms with van der Waals surface area (Å²) in [6.07, 6.45) is 7.25. The second kappa shape index (κ2) is 14.3. The molecule has 0 atom stereocenters. The summed E-state index contributed by atoms with van der Waals surface area (Å²) in [5.74, 6) is -0.764. The molecule has 60 heavy (non-hydrogen) atoms. The third-order valence-electron chi connectivity index (χ3n) is 11.5. The van der Waals surface area contributed by atoms with Crippen LogP contribution in [0.3, 0.4) is 0 Å². The fourth-order valence-electron chi connectivity index (χ4n) is 8.87. The van der Waals surface area contributed by atoms with Crippen molar-refractivity contribution < 1.29 is 9.59 Å². The predicted octanol–water partition coefficient (Wildman–Crippen LogP) is 12.7. The number of nitrogens with zero attached hydrogens (tertiary/aromatic N) is 4. The lowest BCUT2D eigenvalue weighted by Crippen LogP contribution is -2.30. The molecule has 7 aromatic carbocycles. The van der Waals surface area contributed by atoms with Crippen molar-refractivity contribution in [2.24, 2.45) is 0 Å². The average Bonchev–Trinajstić information content (AvgIpc) is 3.80. The first kappa shape index (κ1) is 35.0. The van der Waals surface area contributed by atoms with Gasteiger partial charge in [0.15, 0.2) is 0 Å². The molecule has 3 aromatic heterocycles. The van der Waals surface area contributed by atoms with Crippen molar-refractivity contribution >= 4 is 39.3 Å². The van der Waals surface area contributed by atoms with Gasteiger partial charge in [0, 0.05) is 68.9 Å². The maximum Gasteiger partial charge on any atom is 0.268 e. The molecular formula is C54H34N4O2. The van der Waals surface area contributed by atoms with Gasteiger partial charge in [-0.3, -0.25) is 19.6 Å². The van der Waals surface area contributed by atoms with Gasteiger partial charge in [-0.1, -0.05) is 146 Å². The van der Waals surface area contributed by atoms with E-state index >= 15 is 9.59 Å². The number of fused-ring (bicyclic) bond motifs is 4. The first-order chi connectivity index (χ1) is 29.7. The monoisotopic (exact) mass is 770 g/mol. The molecule has 10 aromatic rings. The van der Waals surface area contributed by atoms with Gasteiger partial charge in [0.25, 0.3) is 11.8 Å². The quantitative estimate of drug-likeness (QED) is 0.151. The summed E-state index contributed by atoms with van der Waals surface area (Å²) in [5, 5.41) is 2.02. The van der Waals surface area contributed by atoms with Gasteiger partial charge in [0.2, 0.25) is 0 Å². The van der Waals surface area contributed by atoms with E-state index in [0.29, 0.717) is 22.5 Å². The summed E-state index contributed by atoms with van der Waals surface area (Å²) in [4.78, 5) is 41.3. The van der Waals surface area contributed by atoms with Crippen LogP contribution in [0, 0.1) is 0 Å². The molecule has 1 aliphatic heterocycles. The zero-order valence-electron chi connectivity index (χ0n) is 32.2. The van der Waals surface area contributed by atoms with Crippen LogP contribution in [0.25, 0.3) is 83.1 Å². The Morgan fingerprint density at radius 3 is 1.33 bits per heavy atom. The van der Waals surface area contributed by atoms with Crippen LogP contribution in [0.1, 0.15) is 20.7 Å². The summed E-state index contributed by atoms with van der Waals surface area (Å²) in [6.45, 7) is 0. The van der Waals surface area contributed by atoms with E-state index < -0.39 is 0 Å². The van der Waals surface area contributed by atoms with Crippen LogP contribution in [0.2, 0.25) is 0 Å². The lowest BCUT2D eigenvalue weighted by molar-refractivity contribution is 0.0926. The molecule has 4 heterocycles. The molecule has 0 aliphatic carbocycles. The van der Waals surface area contributed by atoms with Gasteiger partial charge in [-0.2, -0.15) is 0 Å². The number of carbonyl (C=O) groups is 2. The van der Waals surface area contributed by atoms with E-state index in [0.717, 1.165) is 77.4 Å². The Bertz CT molecular complexity index is 3120. The molecule has 0 unspecified atom stereocenters. The number of aromatic nitrogens is 3. The van der Waals surface area contributed by atoms with E-state index in [-0.39, 0.29) is 11.8 Å². The zero-order valence-corrected chi connectivity index (χ0v) is 32.2. The van der Waals surface area contributed by atoms with Crippen molar-refractivity contribution in [2.75, 3.05) is 4.90 Å². The Balaban J connectivity index is 1.21. The first-order valence-corrected chi connectivity index (χ1v) is 19.9. The van der Waals surface area contributed by atoms with E-state index in [1.807, 2.05) is 128 Å². The van der Waals surface area contributed by atoms with Crippen LogP contribution in [-0.2, 0) is 0 Å². The molecule has 0 N–H and O–H groups in total. The fourth-order valence-corrected chi connectivity index (χ4v) is 8.87. The highest BCUT2D eigenvalue weighted by atomic mass is 16.2. The van der Waals surface area contributed by atoms with Crippen molar-refractivity contribution in [1.29, 1.82) is 0 Å². The van der Waals surface area contributed by atoms with Crippen LogP contribution >= 0.6 is 0 Å². The third-order valence-corrected chi connectivity index (χ3v) is 11.5. The van der Waals surface area contributed by atoms with E-state index in [1.165, 1.54) is 4.90 Å². The number of imide groups is 1. The molecule has 0 bridgehead atoms. The number of hydrogen-bond acceptors (Lipinski definition) is 4. The number of amides is 2. The van der Waals surface area contributed by atoms with Gasteiger partial charge >= 0.3 is 0 Å². The van der Waals surface area contributed by atoms with Crippen molar-refractivity contribution in [3.05, 3.63) is 218 Å². The average molecular weight is 771 g/mol. The van der Waals surface area contributed by atoms with E-state index in [9.17, 15) is 0 Å². The SMILES string of the molecule is O=C1c2cccc(-n3c4c(-c5cccnc5)cccc4c4cccc(-c5cccnc5)c43)c2C(=O)N1c1c(-c2ccccc2)cc(-c2ccccc2)cc1-c1ccccc1. The van der Waals surface area contributed by atoms with Gasteiger partial charge < -0.3 is 4.57 Å². The molecule has 282 valence electrons. The van der Waals surface area contributed by atoms with E-state index in [1.54, 1.807) is 18.5 Å². The fraction of sp³-hybridized carbons (Fsp3) is 0. The van der Waals surface area contributed by atoms with Crippen molar-refractivity contribution in [3.63, 3.8) is 0 Å². The van der Waals surface area contributed by atoms with Gasteiger partial charge in [0.1, 0.15) is 0 Å². The minimum Gasteiger partial charge on any atom is -0.307 e. The first-order valence-electron chi connectivity index (χ1n) is 19.9. The summed E-state index contributed by atoms with van der Waals surface area (Å²) in [6, 6.07) is 60.6. The second-order valence-electron chi connectivity index (χ2n) is 14.9. The summed E-state index contributed by atoms with van der Waals surface area (Å²) in [5.41, 5.74) is 12.8. The van der Waals surface area contributed by atoms with Crippen molar-refractivity contribution in [1.82, 2.24) is 14.5 Å². The molecule has 0 saturated heterocycles. The van der Waals surface area contributed by atoms with Crippen LogP contribution in [0.5, 0.6) is 0 Å². The largest absolute Gasteiger partial charge is 0.307 e. The number of hydrogen-bond donors (Lipinski definition) is 0. The maximum absolute atomic E-state index is 15.7. The van der Waals surface area contributed by atoms with Crippen LogP contribution in [0.15, 0.2) is 207 Å². The Kier molecular flexibility index (Phi) is 8.34. The molecular weight excluding hydrogens is 737 g/mol. The molecule has 0 fully saturated rings. The normalized spacial score (nSPS) is 12.4. The van der Waals surface area contributed by atoms with Crippen LogP contribution in [0.4, 0.5) is 5.69 Å². The highest BCUT2D eigenvalue weighted by Gasteiger charge is 2.42. The summed E-state index contributed by atoms with van der Waals surface area (Å²) >= 11 is 0. The molecule has 0 radical (unpaired) electrons. The molecule has 0 saturated carbocycles. The Hall–Kier alpha value is -8.22. The van der Waals surface area contributed by atoms with Crippen LogP contribution < -0.4 is 4.90 Å². The number of carbonyl (C=O) groups excluding carboxylic acids is 2. The van der Waals surface area contributed by atoms with Crippen molar-refractivity contribution in [3.8, 4) is 61.3 Å². The molecule has 6 nitrogen and oxygen atoms in total. The van der Waals surface area contributed by atoms with Crippen LogP contribution in [-0.4, -0.2) is 26.3 Å². The number of benzene rings is 7. The lowest BCUT2D eigenvalue weighted by atomic mass is 9.90. The molecule has 2 amide bonds. The molecule has 11 rings (SSSR count). The summed E-state index contributed by atoms with van der Waals surface area (Å²) < 4.78 is 2.18. The standard InChI is InChI=1S/C54H34N4O2/c59-53-45-27-12-28-48(57-50-41(38-21-13-29-55-33-38)23-10-25-43(50)44-26-11-24-42(51(44)57)39-22-14-30-56-34-39)49(45)54(60)58(53)52-46(36-17-6-2-7-18-36)31-40(35-15-4-1-5-16-35)32-47(52)37-19-8-3-9-20-37/h1-34H. The minimum atomic E-state index is -0.389. The Labute approximate surface area is 346 Å².